The molecule has 0 aromatic carbocycles. The van der Waals surface area contributed by atoms with Gasteiger partial charge in [0.25, 0.3) is 0 Å². The minimum Gasteiger partial charge on any atom is -0.468 e. The standard InChI is InChI=1S/C8H16N2O3S/c1-8(2,14-9-12)6(10(3)4)7(11)13-5/h6H,1-5H3. The molecule has 0 saturated heterocycles. The van der Waals surface area contributed by atoms with Crippen molar-refractivity contribution in [1.82, 2.24) is 4.90 Å². The Kier molecular flexibility index (Phi) is 5.07. The third kappa shape index (κ3) is 3.26. The van der Waals surface area contributed by atoms with Crippen molar-refractivity contribution in [1.29, 1.82) is 0 Å². The molecule has 1 unspecified atom stereocenters. The summed E-state index contributed by atoms with van der Waals surface area (Å²) in [5.41, 5.74) is 0. The second-order valence-corrected chi connectivity index (χ2v) is 5.04. The molecule has 0 radical (unpaired) electrons. The predicted octanol–water partition coefficient (Wildman–Crippen LogP) is 1.28. The molecule has 5 nitrogen and oxygen atoms in total. The van der Waals surface area contributed by atoms with Gasteiger partial charge < -0.3 is 4.74 Å². The molecule has 0 rings (SSSR count). The Hall–Kier alpha value is -0.620. The van der Waals surface area contributed by atoms with E-state index in [1.54, 1.807) is 32.8 Å². The van der Waals surface area contributed by atoms with Gasteiger partial charge in [-0.3, -0.25) is 9.69 Å². The number of ether oxygens (including phenoxy) is 1. The van der Waals surface area contributed by atoms with E-state index in [-0.39, 0.29) is 5.97 Å². The van der Waals surface area contributed by atoms with Gasteiger partial charge in [0.2, 0.25) is 0 Å². The quantitative estimate of drug-likeness (QED) is 0.397. The Balaban J connectivity index is 4.80. The number of rotatable bonds is 5. The zero-order valence-electron chi connectivity index (χ0n) is 9.10. The summed E-state index contributed by atoms with van der Waals surface area (Å²) in [5, 5.41) is 0. The number of hydrogen-bond donors (Lipinski definition) is 0. The van der Waals surface area contributed by atoms with Crippen LogP contribution in [0.2, 0.25) is 0 Å². The molecule has 1 atom stereocenters. The van der Waals surface area contributed by atoms with Crippen molar-refractivity contribution in [2.24, 2.45) is 4.58 Å². The Morgan fingerprint density at radius 2 is 2.00 bits per heavy atom. The van der Waals surface area contributed by atoms with Crippen molar-refractivity contribution in [3.05, 3.63) is 4.91 Å². The molecule has 0 N–H and O–H groups in total. The van der Waals surface area contributed by atoms with Crippen LogP contribution in [0.4, 0.5) is 0 Å². The number of likely N-dealkylation sites (N-methyl/N-ethyl adjacent to an activating group) is 1. The van der Waals surface area contributed by atoms with Crippen LogP contribution in [0.3, 0.4) is 0 Å². The van der Waals surface area contributed by atoms with Crippen LogP contribution < -0.4 is 0 Å². The van der Waals surface area contributed by atoms with Crippen LogP contribution in [0.15, 0.2) is 4.58 Å². The Morgan fingerprint density at radius 1 is 1.50 bits per heavy atom. The molecule has 0 aliphatic rings. The lowest BCUT2D eigenvalue weighted by Gasteiger charge is -2.33. The van der Waals surface area contributed by atoms with Crippen LogP contribution in [-0.4, -0.2) is 42.9 Å². The van der Waals surface area contributed by atoms with Crippen LogP contribution in [0.25, 0.3) is 0 Å². The highest BCUT2D eigenvalue weighted by Gasteiger charge is 2.39. The summed E-state index contributed by atoms with van der Waals surface area (Å²) in [6.45, 7) is 3.56. The largest absolute Gasteiger partial charge is 0.468 e. The van der Waals surface area contributed by atoms with Crippen LogP contribution in [0.5, 0.6) is 0 Å². The van der Waals surface area contributed by atoms with E-state index in [9.17, 15) is 9.70 Å². The average molecular weight is 220 g/mol. The number of carbonyl (C=O) groups is 1. The highest BCUT2D eigenvalue weighted by atomic mass is 32.2. The van der Waals surface area contributed by atoms with Crippen LogP contribution >= 0.6 is 11.9 Å². The first-order chi connectivity index (χ1) is 6.36. The summed E-state index contributed by atoms with van der Waals surface area (Å²) in [6, 6.07) is -0.491. The Labute approximate surface area is 88.3 Å². The van der Waals surface area contributed by atoms with Crippen LogP contribution in [-0.2, 0) is 9.53 Å². The van der Waals surface area contributed by atoms with Gasteiger partial charge in [-0.2, -0.15) is 0 Å². The summed E-state index contributed by atoms with van der Waals surface area (Å²) < 4.78 is 6.83. The first kappa shape index (κ1) is 13.4. The van der Waals surface area contributed by atoms with Gasteiger partial charge in [-0.15, -0.1) is 4.91 Å². The lowest BCUT2D eigenvalue weighted by Crippen LogP contribution is -2.49. The molecule has 0 spiro atoms. The minimum atomic E-state index is -0.599. The molecular formula is C8H16N2O3S. The third-order valence-corrected chi connectivity index (χ3v) is 2.64. The van der Waals surface area contributed by atoms with E-state index >= 15 is 0 Å². The van der Waals surface area contributed by atoms with Crippen molar-refractivity contribution in [3.63, 3.8) is 0 Å². The van der Waals surface area contributed by atoms with Gasteiger partial charge in [0.05, 0.1) is 11.9 Å². The topological polar surface area (TPSA) is 59.0 Å². The van der Waals surface area contributed by atoms with E-state index in [2.05, 4.69) is 9.32 Å². The number of nitrogens with zero attached hydrogens (tertiary/aromatic N) is 2. The molecule has 0 bridgehead atoms. The fraction of sp³-hybridized carbons (Fsp3) is 0.875. The van der Waals surface area contributed by atoms with Gasteiger partial charge in [-0.1, -0.05) is 0 Å². The maximum absolute atomic E-state index is 11.5. The number of hydrogen-bond acceptors (Lipinski definition) is 6. The fourth-order valence-electron chi connectivity index (χ4n) is 1.37. The lowest BCUT2D eigenvalue weighted by atomic mass is 10.0. The first-order valence-corrected chi connectivity index (χ1v) is 4.89. The van der Waals surface area contributed by atoms with E-state index < -0.39 is 10.8 Å². The summed E-state index contributed by atoms with van der Waals surface area (Å²) in [4.78, 5) is 23.4. The Bertz CT molecular complexity index is 219. The van der Waals surface area contributed by atoms with Crippen molar-refractivity contribution < 1.29 is 9.53 Å². The van der Waals surface area contributed by atoms with Gasteiger partial charge >= 0.3 is 5.97 Å². The minimum absolute atomic E-state index is 0.365. The molecule has 0 saturated carbocycles. The summed E-state index contributed by atoms with van der Waals surface area (Å²) in [6.07, 6.45) is 0. The second-order valence-electron chi connectivity index (χ2n) is 3.66. The molecule has 0 amide bonds. The third-order valence-electron chi connectivity index (χ3n) is 1.87. The van der Waals surface area contributed by atoms with Crippen molar-refractivity contribution in [2.45, 2.75) is 24.6 Å². The first-order valence-electron chi connectivity index (χ1n) is 4.12. The molecule has 0 aliphatic carbocycles. The number of nitroso groups, excluding NO2 is 1. The van der Waals surface area contributed by atoms with E-state index in [0.29, 0.717) is 0 Å². The lowest BCUT2D eigenvalue weighted by molar-refractivity contribution is -0.146. The van der Waals surface area contributed by atoms with Crippen molar-refractivity contribution in [2.75, 3.05) is 21.2 Å². The molecular weight excluding hydrogens is 204 g/mol. The molecule has 0 aromatic heterocycles. The smallest absolute Gasteiger partial charge is 0.324 e. The highest BCUT2D eigenvalue weighted by molar-refractivity contribution is 7.99. The zero-order chi connectivity index (χ0) is 11.4. The van der Waals surface area contributed by atoms with Gasteiger partial charge in [0, 0.05) is 16.5 Å². The zero-order valence-corrected chi connectivity index (χ0v) is 9.92. The number of esters is 1. The molecule has 6 heteroatoms. The van der Waals surface area contributed by atoms with E-state index in [0.717, 1.165) is 11.9 Å². The van der Waals surface area contributed by atoms with Crippen LogP contribution in [0, 0.1) is 4.91 Å². The van der Waals surface area contributed by atoms with Gasteiger partial charge in [-0.25, -0.2) is 0 Å². The molecule has 0 aromatic rings. The van der Waals surface area contributed by atoms with Gasteiger partial charge in [-0.05, 0) is 27.9 Å². The summed E-state index contributed by atoms with van der Waals surface area (Å²) in [7, 11) is 4.84. The van der Waals surface area contributed by atoms with Crippen molar-refractivity contribution in [3.8, 4) is 0 Å². The SMILES string of the molecule is COC(=O)C(N(C)C)C(C)(C)SN=O. The highest BCUT2D eigenvalue weighted by Crippen LogP contribution is 2.31. The Morgan fingerprint density at radius 3 is 2.29 bits per heavy atom. The fourth-order valence-corrected chi connectivity index (χ4v) is 1.97. The monoisotopic (exact) mass is 220 g/mol. The van der Waals surface area contributed by atoms with E-state index in [1.165, 1.54) is 7.11 Å². The average Bonchev–Trinajstić information content (AvgIpc) is 2.02. The van der Waals surface area contributed by atoms with E-state index in [1.807, 2.05) is 0 Å². The second kappa shape index (κ2) is 5.31. The molecule has 0 fully saturated rings. The van der Waals surface area contributed by atoms with Crippen molar-refractivity contribution >= 4 is 17.9 Å². The number of methoxy groups -OCH3 is 1. The van der Waals surface area contributed by atoms with Gasteiger partial charge in [0.15, 0.2) is 0 Å². The van der Waals surface area contributed by atoms with Gasteiger partial charge in [0.1, 0.15) is 6.04 Å². The molecule has 82 valence electrons. The predicted molar refractivity (Wildman–Crippen MR) is 57.0 cm³/mol. The normalized spacial score (nSPS) is 13.9. The molecule has 0 heterocycles. The maximum Gasteiger partial charge on any atom is 0.324 e. The number of carbonyl (C=O) groups excluding carboxylic acids is 1. The molecule has 0 aliphatic heterocycles. The maximum atomic E-state index is 11.5. The molecule has 14 heavy (non-hydrogen) atoms. The van der Waals surface area contributed by atoms with E-state index in [4.69, 9.17) is 0 Å². The summed E-state index contributed by atoms with van der Waals surface area (Å²) in [5.74, 6) is -0.365. The summed E-state index contributed by atoms with van der Waals surface area (Å²) >= 11 is 0.841. The van der Waals surface area contributed by atoms with Crippen LogP contribution in [0.1, 0.15) is 13.8 Å².